The first kappa shape index (κ1) is 26.2. The molecule has 1 aliphatic carbocycles. The minimum atomic E-state index is -4.62. The Hall–Kier alpha value is -2.07. The summed E-state index contributed by atoms with van der Waals surface area (Å²) in [6.07, 6.45) is 1.95. The molecule has 32 heavy (non-hydrogen) atoms. The highest BCUT2D eigenvalue weighted by atomic mass is 32.2. The second-order valence-electron chi connectivity index (χ2n) is 6.93. The highest BCUT2D eigenvalue weighted by Crippen LogP contribution is 2.42. The third-order valence-corrected chi connectivity index (χ3v) is 7.31. The Labute approximate surface area is 193 Å². The van der Waals surface area contributed by atoms with Crippen molar-refractivity contribution in [1.82, 2.24) is 14.9 Å². The Morgan fingerprint density at radius 3 is 2.38 bits per heavy atom. The van der Waals surface area contributed by atoms with Crippen LogP contribution in [-0.4, -0.2) is 43.3 Å². The van der Waals surface area contributed by atoms with Gasteiger partial charge in [0.25, 0.3) is 5.91 Å². The van der Waals surface area contributed by atoms with Crippen molar-refractivity contribution < 1.29 is 22.2 Å². The predicted molar refractivity (Wildman–Crippen MR) is 122 cm³/mol. The van der Waals surface area contributed by atoms with Gasteiger partial charge in [-0.3, -0.25) is 9.00 Å². The van der Waals surface area contributed by atoms with Gasteiger partial charge in [-0.1, -0.05) is 26.0 Å². The second kappa shape index (κ2) is 11.2. The third-order valence-electron chi connectivity index (χ3n) is 4.68. The summed E-state index contributed by atoms with van der Waals surface area (Å²) in [5.41, 5.74) is -1.23. The molecule has 2 aromatic heterocycles. The molecule has 1 amide bonds. The summed E-state index contributed by atoms with van der Waals surface area (Å²) >= 11 is 0.927. The molecule has 0 spiro atoms. The predicted octanol–water partition coefficient (Wildman–Crippen LogP) is 5.87. The van der Waals surface area contributed by atoms with Crippen molar-refractivity contribution in [2.45, 2.75) is 64.6 Å². The van der Waals surface area contributed by atoms with E-state index in [0.717, 1.165) is 30.4 Å². The van der Waals surface area contributed by atoms with E-state index in [-0.39, 0.29) is 33.2 Å². The smallest absolute Gasteiger partial charge is 0.334 e. The van der Waals surface area contributed by atoms with Crippen LogP contribution in [0, 0.1) is 6.92 Å². The molecule has 1 atom stereocenters. The zero-order chi connectivity index (χ0) is 24.1. The quantitative estimate of drug-likeness (QED) is 0.497. The van der Waals surface area contributed by atoms with Gasteiger partial charge in [0, 0.05) is 24.5 Å². The third kappa shape index (κ3) is 6.04. The molecule has 0 N–H and O–H groups in total. The minimum Gasteiger partial charge on any atom is -0.334 e. The Balaban J connectivity index is 0.000000547. The molecule has 4 rings (SSSR count). The summed E-state index contributed by atoms with van der Waals surface area (Å²) < 4.78 is 52.5. The van der Waals surface area contributed by atoms with Gasteiger partial charge in [-0.15, -0.1) is 11.3 Å². The maximum atomic E-state index is 13.3. The summed E-state index contributed by atoms with van der Waals surface area (Å²) in [5, 5.41) is 0. The zero-order valence-corrected chi connectivity index (χ0v) is 20.5. The van der Waals surface area contributed by atoms with Gasteiger partial charge in [-0.05, 0) is 39.7 Å². The number of nitrogens with zero attached hydrogens (tertiary/aromatic N) is 3. The second-order valence-corrected chi connectivity index (χ2v) is 9.52. The largest absolute Gasteiger partial charge is 0.420 e. The number of alkyl halides is 3. The van der Waals surface area contributed by atoms with Crippen LogP contribution in [0.4, 0.5) is 13.2 Å². The molecule has 0 saturated heterocycles. The Morgan fingerprint density at radius 2 is 1.84 bits per heavy atom. The van der Waals surface area contributed by atoms with Crippen LogP contribution in [0.5, 0.6) is 0 Å². The molecule has 5 nitrogen and oxygen atoms in total. The van der Waals surface area contributed by atoms with Crippen molar-refractivity contribution in [3.05, 3.63) is 40.7 Å². The first-order valence-electron chi connectivity index (χ1n) is 10.5. The number of hydrogen-bond donors (Lipinski definition) is 0. The molecule has 0 bridgehead atoms. The molecular formula is C22H28F3N3O2S2. The average Bonchev–Trinajstić information content (AvgIpc) is 3.52. The Morgan fingerprint density at radius 1 is 1.22 bits per heavy atom. The van der Waals surface area contributed by atoms with Crippen molar-refractivity contribution >= 4 is 28.0 Å². The van der Waals surface area contributed by atoms with Gasteiger partial charge in [-0.2, -0.15) is 13.2 Å². The average molecular weight is 488 g/mol. The highest BCUT2D eigenvalue weighted by Gasteiger charge is 2.39. The van der Waals surface area contributed by atoms with Gasteiger partial charge in [0.15, 0.2) is 0 Å². The number of rotatable bonds is 2. The van der Waals surface area contributed by atoms with Crippen LogP contribution in [-0.2, 0) is 17.0 Å². The number of halogens is 3. The van der Waals surface area contributed by atoms with Crippen molar-refractivity contribution in [3.63, 3.8) is 0 Å². The van der Waals surface area contributed by atoms with E-state index in [1.807, 2.05) is 39.8 Å². The maximum Gasteiger partial charge on any atom is 0.420 e. The fourth-order valence-corrected chi connectivity index (χ4v) is 5.55. The number of carbonyl (C=O) groups excluding carboxylic acids is 1. The molecular weight excluding hydrogens is 459 g/mol. The molecule has 1 fully saturated rings. The van der Waals surface area contributed by atoms with Crippen molar-refractivity contribution in [2.24, 2.45) is 0 Å². The number of allylic oxidation sites excluding steroid dienone is 2. The fraction of sp³-hybridized carbons (Fsp3) is 0.500. The summed E-state index contributed by atoms with van der Waals surface area (Å²) in [5.74, 6) is 0.243. The van der Waals surface area contributed by atoms with Crippen molar-refractivity contribution in [1.29, 1.82) is 0 Å². The first-order chi connectivity index (χ1) is 15.2. The monoisotopic (exact) mass is 487 g/mol. The summed E-state index contributed by atoms with van der Waals surface area (Å²) in [6, 6.07) is 1.57. The number of fused-ring (bicyclic) bond motifs is 1. The van der Waals surface area contributed by atoms with E-state index in [9.17, 15) is 22.2 Å². The SMILES string of the molecule is C/C=C\C.CC.Cc1ncc(C(F)(F)F)c(-c2cc3c(s2)C(=O)N(C2CC2)CCS3=O)n1. The topological polar surface area (TPSA) is 63.2 Å². The minimum absolute atomic E-state index is 0.156. The maximum absolute atomic E-state index is 13.3. The van der Waals surface area contributed by atoms with Crippen LogP contribution in [0.2, 0.25) is 0 Å². The molecule has 2 aliphatic rings. The van der Waals surface area contributed by atoms with Crippen LogP contribution in [0.25, 0.3) is 10.6 Å². The number of amides is 1. The summed E-state index contributed by atoms with van der Waals surface area (Å²) in [7, 11) is -1.43. The molecule has 1 unspecified atom stereocenters. The van der Waals surface area contributed by atoms with Crippen LogP contribution in [0.3, 0.4) is 0 Å². The Kier molecular flexibility index (Phi) is 9.15. The number of hydrogen-bond acceptors (Lipinski definition) is 5. The van der Waals surface area contributed by atoms with E-state index in [1.54, 1.807) is 4.90 Å². The molecule has 0 aromatic carbocycles. The summed E-state index contributed by atoms with van der Waals surface area (Å²) in [6.45, 7) is 9.91. The van der Waals surface area contributed by atoms with E-state index < -0.39 is 22.5 Å². The Bertz CT molecular complexity index is 995. The van der Waals surface area contributed by atoms with Gasteiger partial charge in [0.05, 0.1) is 26.3 Å². The van der Waals surface area contributed by atoms with Gasteiger partial charge in [0.2, 0.25) is 0 Å². The van der Waals surface area contributed by atoms with Gasteiger partial charge < -0.3 is 4.90 Å². The lowest BCUT2D eigenvalue weighted by Crippen LogP contribution is -2.33. The highest BCUT2D eigenvalue weighted by molar-refractivity contribution is 7.85. The van der Waals surface area contributed by atoms with E-state index in [1.165, 1.54) is 13.0 Å². The molecule has 2 aromatic rings. The van der Waals surface area contributed by atoms with E-state index in [4.69, 9.17) is 0 Å². The molecule has 10 heteroatoms. The number of thiophene rings is 1. The standard InChI is InChI=1S/C16H14F3N3O2S2.C4H8.C2H6/c1-8-20-7-10(16(17,18)19)13(21-8)11-6-12-14(25-11)15(23)22(9-2-3-9)4-5-26(12)24;1-3-4-2;1-2/h6-7,9H,2-5H2,1H3;3-4H,1-2H3;1-2H3/b;4-3-;. The first-order valence-corrected chi connectivity index (χ1v) is 12.6. The molecule has 0 radical (unpaired) electrons. The van der Waals surface area contributed by atoms with Crippen molar-refractivity contribution in [2.75, 3.05) is 12.3 Å². The van der Waals surface area contributed by atoms with E-state index >= 15 is 0 Å². The normalized spacial score (nSPS) is 18.3. The van der Waals surface area contributed by atoms with Gasteiger partial charge >= 0.3 is 6.18 Å². The number of carbonyl (C=O) groups is 1. The molecule has 3 heterocycles. The number of aromatic nitrogens is 2. The van der Waals surface area contributed by atoms with E-state index in [0.29, 0.717) is 17.2 Å². The molecule has 1 aliphatic heterocycles. The molecule has 176 valence electrons. The lowest BCUT2D eigenvalue weighted by atomic mass is 10.2. The fourth-order valence-electron chi connectivity index (χ4n) is 2.93. The number of aryl methyl sites for hydroxylation is 1. The lowest BCUT2D eigenvalue weighted by Gasteiger charge is -2.19. The van der Waals surface area contributed by atoms with Crippen LogP contribution in [0.15, 0.2) is 29.3 Å². The molecule has 1 saturated carbocycles. The van der Waals surface area contributed by atoms with Gasteiger partial charge in [0.1, 0.15) is 16.3 Å². The van der Waals surface area contributed by atoms with Gasteiger partial charge in [-0.25, -0.2) is 9.97 Å². The van der Waals surface area contributed by atoms with E-state index in [2.05, 4.69) is 9.97 Å². The zero-order valence-electron chi connectivity index (χ0n) is 18.8. The summed E-state index contributed by atoms with van der Waals surface area (Å²) in [4.78, 5) is 22.8. The van der Waals surface area contributed by atoms with Crippen LogP contribution < -0.4 is 0 Å². The van der Waals surface area contributed by atoms with Crippen LogP contribution in [0.1, 0.15) is 61.6 Å². The van der Waals surface area contributed by atoms with Crippen LogP contribution >= 0.6 is 11.3 Å². The van der Waals surface area contributed by atoms with Crippen molar-refractivity contribution in [3.8, 4) is 10.6 Å². The lowest BCUT2D eigenvalue weighted by molar-refractivity contribution is -0.137.